The number of hydrogen-bond acceptors (Lipinski definition) is 3. The van der Waals surface area contributed by atoms with Gasteiger partial charge in [0, 0.05) is 66.6 Å². The van der Waals surface area contributed by atoms with Crippen LogP contribution in [0.1, 0.15) is 65.1 Å². The van der Waals surface area contributed by atoms with E-state index in [1.54, 1.807) is 0 Å². The van der Waals surface area contributed by atoms with Gasteiger partial charge in [0.15, 0.2) is 0 Å². The molecule has 3 heteroatoms. The standard InChI is InChI=1S/C72H49NO2/c1-71(2)60-25-10-7-19-55(60)59-43-50(39-42-61(59)71)73(49-37-31-47(32-38-49)52-23-13-24-57-56-20-9-12-28-66(56)74-68(52)57)48-35-29-46(30-36-48)51-22-14-27-63-67(51)58-21-8-11-26-62(58)72(63)64-40-33-44-15-3-5-17-53(44)69(64)75-70-54-18-6-4-16-45(54)34-41-65(70)72/h3-21,23-43,51H,22H2,1-2H3. The number of nitrogens with zero attached hydrogens (tertiary/aromatic N) is 1. The van der Waals surface area contributed by atoms with Crippen LogP contribution in [-0.2, 0) is 10.8 Å². The first-order valence-electron chi connectivity index (χ1n) is 26.3. The molecule has 1 spiro atoms. The third-order valence-electron chi connectivity index (χ3n) is 17.3. The molecule has 354 valence electrons. The molecule has 1 aromatic heterocycles. The lowest BCUT2D eigenvalue weighted by atomic mass is 9.63. The van der Waals surface area contributed by atoms with E-state index in [0.29, 0.717) is 0 Å². The number of hydrogen-bond donors (Lipinski definition) is 0. The quantitative estimate of drug-likeness (QED) is 0.172. The number of benzene rings is 11. The van der Waals surface area contributed by atoms with Crippen molar-refractivity contribution in [3.05, 3.63) is 287 Å². The number of rotatable bonds is 5. The second-order valence-corrected chi connectivity index (χ2v) is 21.4. The van der Waals surface area contributed by atoms with Crippen LogP contribution in [0, 0.1) is 0 Å². The fourth-order valence-corrected chi connectivity index (χ4v) is 13.9. The zero-order valence-corrected chi connectivity index (χ0v) is 41.6. The van der Waals surface area contributed by atoms with Gasteiger partial charge in [-0.3, -0.25) is 0 Å². The molecule has 0 radical (unpaired) electrons. The Morgan fingerprint density at radius 1 is 0.440 bits per heavy atom. The Balaban J connectivity index is 0.848. The number of anilines is 3. The third kappa shape index (κ3) is 5.87. The summed E-state index contributed by atoms with van der Waals surface area (Å²) in [5.74, 6) is 2.01. The molecule has 0 saturated heterocycles. The van der Waals surface area contributed by atoms with Crippen LogP contribution in [0.4, 0.5) is 17.1 Å². The lowest BCUT2D eigenvalue weighted by molar-refractivity contribution is 0.446. The van der Waals surface area contributed by atoms with Gasteiger partial charge in [-0.2, -0.15) is 0 Å². The molecule has 11 aromatic carbocycles. The summed E-state index contributed by atoms with van der Waals surface area (Å²) in [6.07, 6.45) is 5.76. The van der Waals surface area contributed by atoms with Crippen LogP contribution >= 0.6 is 0 Å². The molecule has 3 nitrogen and oxygen atoms in total. The minimum Gasteiger partial charge on any atom is -0.455 e. The zero-order valence-electron chi connectivity index (χ0n) is 41.6. The minimum absolute atomic E-state index is 0.0912. The molecule has 0 saturated carbocycles. The Bertz CT molecular complexity index is 4370. The predicted octanol–water partition coefficient (Wildman–Crippen LogP) is 19.3. The zero-order chi connectivity index (χ0) is 49.6. The van der Waals surface area contributed by atoms with Crippen molar-refractivity contribution in [1.29, 1.82) is 0 Å². The van der Waals surface area contributed by atoms with Gasteiger partial charge in [-0.1, -0.05) is 214 Å². The maximum absolute atomic E-state index is 7.26. The fourth-order valence-electron chi connectivity index (χ4n) is 13.9. The van der Waals surface area contributed by atoms with E-state index in [1.165, 1.54) is 72.0 Å². The van der Waals surface area contributed by atoms with Crippen molar-refractivity contribution in [1.82, 2.24) is 0 Å². The summed E-state index contributed by atoms with van der Waals surface area (Å²) in [5.41, 5.74) is 21.0. The summed E-state index contributed by atoms with van der Waals surface area (Å²) in [4.78, 5) is 2.43. The van der Waals surface area contributed by atoms with Gasteiger partial charge in [0.25, 0.3) is 0 Å². The van der Waals surface area contributed by atoms with E-state index in [2.05, 4.69) is 255 Å². The summed E-state index contributed by atoms with van der Waals surface area (Å²) in [7, 11) is 0. The Kier molecular flexibility index (Phi) is 8.84. The van der Waals surface area contributed by atoms with Crippen molar-refractivity contribution < 1.29 is 9.15 Å². The van der Waals surface area contributed by atoms with Crippen molar-refractivity contribution in [3.63, 3.8) is 0 Å². The number of allylic oxidation sites excluding steroid dienone is 4. The smallest absolute Gasteiger partial charge is 0.143 e. The lowest BCUT2D eigenvalue weighted by Crippen LogP contribution is -2.33. The van der Waals surface area contributed by atoms with Crippen LogP contribution in [0.5, 0.6) is 11.5 Å². The SMILES string of the molecule is CC1(C)c2ccccc2-c2cc(N(c3ccc(-c4cccc5c4oc4ccccc45)cc3)c3ccc(C4CC=CC5=C4c4ccccc4C54c5ccc6ccccc6c5Oc5c4ccc4ccccc54)cc3)ccc21. The monoisotopic (exact) mass is 959 g/mol. The van der Waals surface area contributed by atoms with Crippen molar-refractivity contribution in [2.45, 2.75) is 37.0 Å². The fraction of sp³-hybridized carbons (Fsp3) is 0.0833. The first-order valence-corrected chi connectivity index (χ1v) is 26.3. The molecular formula is C72H49NO2. The van der Waals surface area contributed by atoms with E-state index >= 15 is 0 Å². The number of fused-ring (bicyclic) bond motifs is 18. The Labute approximate surface area is 435 Å². The Morgan fingerprint density at radius 3 is 1.73 bits per heavy atom. The molecule has 3 aliphatic carbocycles. The highest BCUT2D eigenvalue weighted by Gasteiger charge is 2.54. The predicted molar refractivity (Wildman–Crippen MR) is 309 cm³/mol. The molecule has 1 unspecified atom stereocenters. The van der Waals surface area contributed by atoms with Gasteiger partial charge in [-0.15, -0.1) is 0 Å². The van der Waals surface area contributed by atoms with Gasteiger partial charge in [0.1, 0.15) is 22.7 Å². The summed E-state index contributed by atoms with van der Waals surface area (Å²) in [6.45, 7) is 4.70. The van der Waals surface area contributed by atoms with Crippen LogP contribution in [0.25, 0.3) is 71.3 Å². The van der Waals surface area contributed by atoms with Crippen LogP contribution in [0.15, 0.2) is 253 Å². The first-order chi connectivity index (χ1) is 36.9. The van der Waals surface area contributed by atoms with Crippen molar-refractivity contribution in [3.8, 4) is 33.8 Å². The highest BCUT2D eigenvalue weighted by molar-refractivity contribution is 6.10. The Hall–Kier alpha value is -9.18. The van der Waals surface area contributed by atoms with Gasteiger partial charge in [0.2, 0.25) is 0 Å². The van der Waals surface area contributed by atoms with E-state index < -0.39 is 5.41 Å². The highest BCUT2D eigenvalue weighted by atomic mass is 16.5. The van der Waals surface area contributed by atoms with Crippen molar-refractivity contribution in [2.24, 2.45) is 0 Å². The normalized spacial score (nSPS) is 16.2. The summed E-state index contributed by atoms with van der Waals surface area (Å²) in [5, 5.41) is 6.87. The third-order valence-corrected chi connectivity index (χ3v) is 17.3. The summed E-state index contributed by atoms with van der Waals surface area (Å²) in [6, 6.07) is 85.1. The topological polar surface area (TPSA) is 25.6 Å². The average Bonchev–Trinajstić information content (AvgIpc) is 4.08. The van der Waals surface area contributed by atoms with Gasteiger partial charge in [-0.25, -0.2) is 0 Å². The van der Waals surface area contributed by atoms with Gasteiger partial charge < -0.3 is 14.1 Å². The van der Waals surface area contributed by atoms with Crippen LogP contribution in [0.2, 0.25) is 0 Å². The molecule has 12 aromatic rings. The molecule has 0 bridgehead atoms. The average molecular weight is 960 g/mol. The molecule has 0 N–H and O–H groups in total. The van der Waals surface area contributed by atoms with Crippen LogP contribution in [-0.4, -0.2) is 0 Å². The molecule has 1 atom stereocenters. The Morgan fingerprint density at radius 2 is 1.00 bits per heavy atom. The van der Waals surface area contributed by atoms with Crippen LogP contribution < -0.4 is 9.64 Å². The molecule has 1 aliphatic heterocycles. The number of para-hydroxylation sites is 2. The van der Waals surface area contributed by atoms with Gasteiger partial charge in [-0.05, 0) is 115 Å². The molecular weight excluding hydrogens is 911 g/mol. The van der Waals surface area contributed by atoms with Crippen LogP contribution in [0.3, 0.4) is 0 Å². The largest absolute Gasteiger partial charge is 0.455 e. The summed E-state index contributed by atoms with van der Waals surface area (Å²) < 4.78 is 13.8. The molecule has 2 heterocycles. The lowest BCUT2D eigenvalue weighted by Gasteiger charge is -2.41. The van der Waals surface area contributed by atoms with Crippen molar-refractivity contribution in [2.75, 3.05) is 4.90 Å². The maximum atomic E-state index is 7.26. The second kappa shape index (κ2) is 15.7. The molecule has 16 rings (SSSR count). The van der Waals surface area contributed by atoms with Gasteiger partial charge >= 0.3 is 0 Å². The van der Waals surface area contributed by atoms with E-state index in [0.717, 1.165) is 78.8 Å². The molecule has 75 heavy (non-hydrogen) atoms. The minimum atomic E-state index is -0.586. The van der Waals surface area contributed by atoms with E-state index in [9.17, 15) is 0 Å². The highest BCUT2D eigenvalue weighted by Crippen LogP contribution is 2.66. The maximum Gasteiger partial charge on any atom is 0.143 e. The van der Waals surface area contributed by atoms with E-state index in [1.807, 2.05) is 6.07 Å². The summed E-state index contributed by atoms with van der Waals surface area (Å²) >= 11 is 0. The van der Waals surface area contributed by atoms with E-state index in [-0.39, 0.29) is 11.3 Å². The van der Waals surface area contributed by atoms with E-state index in [4.69, 9.17) is 9.15 Å². The molecule has 0 fully saturated rings. The number of furan rings is 1. The second-order valence-electron chi connectivity index (χ2n) is 21.4. The van der Waals surface area contributed by atoms with Crippen molar-refractivity contribution >= 4 is 66.1 Å². The molecule has 4 aliphatic rings. The van der Waals surface area contributed by atoms with Gasteiger partial charge in [0.05, 0.1) is 5.41 Å². The number of ether oxygens (including phenoxy) is 1. The first kappa shape index (κ1) is 42.3. The molecule has 0 amide bonds.